The molecule has 2 N–H and O–H groups in total. The normalized spacial score (nSPS) is 11.8. The van der Waals surface area contributed by atoms with E-state index in [1.807, 2.05) is 56.3 Å². The average Bonchev–Trinajstić information content (AvgIpc) is 2.71. The molecule has 0 aliphatic carbocycles. The summed E-state index contributed by atoms with van der Waals surface area (Å²) in [5.41, 5.74) is 2.71. The van der Waals surface area contributed by atoms with E-state index >= 15 is 0 Å². The third-order valence-electron chi connectivity index (χ3n) is 4.49. The van der Waals surface area contributed by atoms with Gasteiger partial charge in [0.2, 0.25) is 0 Å². The molecule has 0 saturated carbocycles. The lowest BCUT2D eigenvalue weighted by Gasteiger charge is -2.11. The number of aromatic nitrogens is 1. The quantitative estimate of drug-likeness (QED) is 0.703. The van der Waals surface area contributed by atoms with E-state index in [1.54, 1.807) is 18.2 Å². The van der Waals surface area contributed by atoms with Crippen LogP contribution in [0.25, 0.3) is 10.9 Å². The molecule has 0 aliphatic heterocycles. The topological polar surface area (TPSA) is 71.1 Å². The van der Waals surface area contributed by atoms with E-state index in [0.29, 0.717) is 17.8 Å². The molecule has 27 heavy (non-hydrogen) atoms. The van der Waals surface area contributed by atoms with Gasteiger partial charge in [-0.05, 0) is 43.2 Å². The highest BCUT2D eigenvalue weighted by Crippen LogP contribution is 2.12. The van der Waals surface area contributed by atoms with Crippen molar-refractivity contribution < 1.29 is 9.59 Å². The molecule has 1 heterocycles. The molecule has 5 nitrogen and oxygen atoms in total. The number of nitrogens with one attached hydrogen (secondary N) is 2. The summed E-state index contributed by atoms with van der Waals surface area (Å²) >= 11 is 0. The van der Waals surface area contributed by atoms with E-state index in [-0.39, 0.29) is 17.9 Å². The molecule has 1 atom stereocenters. The lowest BCUT2D eigenvalue weighted by Crippen LogP contribution is -2.31. The lowest BCUT2D eigenvalue weighted by atomic mass is 10.1. The maximum absolute atomic E-state index is 12.4. The summed E-state index contributed by atoms with van der Waals surface area (Å²) < 4.78 is 0. The Bertz CT molecular complexity index is 951. The van der Waals surface area contributed by atoms with Gasteiger partial charge in [-0.3, -0.25) is 9.59 Å². The van der Waals surface area contributed by atoms with Gasteiger partial charge in [-0.1, -0.05) is 43.3 Å². The van der Waals surface area contributed by atoms with Crippen molar-refractivity contribution in [3.8, 4) is 0 Å². The van der Waals surface area contributed by atoms with Crippen LogP contribution in [0.4, 0.5) is 0 Å². The predicted molar refractivity (Wildman–Crippen MR) is 107 cm³/mol. The van der Waals surface area contributed by atoms with Gasteiger partial charge in [0.1, 0.15) is 5.69 Å². The summed E-state index contributed by atoms with van der Waals surface area (Å²) in [5, 5.41) is 6.80. The summed E-state index contributed by atoms with van der Waals surface area (Å²) in [6.07, 6.45) is 0.888. The average molecular weight is 361 g/mol. The third-order valence-corrected chi connectivity index (χ3v) is 4.49. The summed E-state index contributed by atoms with van der Waals surface area (Å²) in [6, 6.07) is 18.7. The van der Waals surface area contributed by atoms with Gasteiger partial charge in [0.15, 0.2) is 0 Å². The zero-order valence-electron chi connectivity index (χ0n) is 15.5. The summed E-state index contributed by atoms with van der Waals surface area (Å²) in [5.74, 6) is -0.306. The van der Waals surface area contributed by atoms with E-state index in [4.69, 9.17) is 0 Å². The Morgan fingerprint density at radius 3 is 2.44 bits per heavy atom. The number of fused-ring (bicyclic) bond motifs is 1. The summed E-state index contributed by atoms with van der Waals surface area (Å²) in [7, 11) is 0. The van der Waals surface area contributed by atoms with Crippen LogP contribution in [0, 0.1) is 0 Å². The van der Waals surface area contributed by atoms with Crippen molar-refractivity contribution >= 4 is 22.7 Å². The van der Waals surface area contributed by atoms with Crippen molar-refractivity contribution in [2.24, 2.45) is 0 Å². The Hall–Kier alpha value is -3.21. The number of hydrogen-bond donors (Lipinski definition) is 2. The Labute approximate surface area is 158 Å². The van der Waals surface area contributed by atoms with Crippen LogP contribution in [0.1, 0.15) is 46.7 Å². The first-order chi connectivity index (χ1) is 13.1. The number of para-hydroxylation sites is 1. The standard InChI is InChI=1S/C22H23N3O2/c1-3-15(2)24-21(26)18-10-8-16(9-11-18)14-23-22(27)20-13-12-17-6-4-5-7-19(17)25-20/h4-13,15H,3,14H2,1-2H3,(H,23,27)(H,24,26)/t15-/m1/s1. The first-order valence-corrected chi connectivity index (χ1v) is 9.10. The van der Waals surface area contributed by atoms with Crippen LogP contribution in [-0.2, 0) is 6.54 Å². The first-order valence-electron chi connectivity index (χ1n) is 9.10. The molecule has 0 spiro atoms. The van der Waals surface area contributed by atoms with Crippen LogP contribution < -0.4 is 10.6 Å². The predicted octanol–water partition coefficient (Wildman–Crippen LogP) is 3.69. The second-order valence-electron chi connectivity index (χ2n) is 6.55. The SMILES string of the molecule is CC[C@@H](C)NC(=O)c1ccc(CNC(=O)c2ccc3ccccc3n2)cc1. The van der Waals surface area contributed by atoms with Crippen LogP contribution in [0.5, 0.6) is 0 Å². The number of rotatable bonds is 6. The van der Waals surface area contributed by atoms with Gasteiger partial charge in [0, 0.05) is 23.5 Å². The van der Waals surface area contributed by atoms with Crippen LogP contribution in [0.2, 0.25) is 0 Å². The molecule has 0 fully saturated rings. The molecule has 0 aliphatic rings. The van der Waals surface area contributed by atoms with Gasteiger partial charge in [-0.25, -0.2) is 4.98 Å². The molecular weight excluding hydrogens is 338 g/mol. The Balaban J connectivity index is 1.60. The molecular formula is C22H23N3O2. The van der Waals surface area contributed by atoms with Crippen molar-refractivity contribution in [3.63, 3.8) is 0 Å². The van der Waals surface area contributed by atoms with E-state index in [9.17, 15) is 9.59 Å². The monoisotopic (exact) mass is 361 g/mol. The number of pyridine rings is 1. The van der Waals surface area contributed by atoms with Gasteiger partial charge >= 0.3 is 0 Å². The fraction of sp³-hybridized carbons (Fsp3) is 0.227. The number of benzene rings is 2. The lowest BCUT2D eigenvalue weighted by molar-refractivity contribution is 0.0933. The van der Waals surface area contributed by atoms with E-state index in [1.165, 1.54) is 0 Å². The van der Waals surface area contributed by atoms with Gasteiger partial charge in [-0.15, -0.1) is 0 Å². The number of nitrogens with zero attached hydrogens (tertiary/aromatic N) is 1. The van der Waals surface area contributed by atoms with Gasteiger partial charge in [0.05, 0.1) is 5.52 Å². The molecule has 138 valence electrons. The minimum absolute atomic E-state index is 0.0831. The minimum Gasteiger partial charge on any atom is -0.350 e. The molecule has 2 amide bonds. The smallest absolute Gasteiger partial charge is 0.270 e. The molecule has 1 aromatic heterocycles. The van der Waals surface area contributed by atoms with Crippen LogP contribution in [-0.4, -0.2) is 22.8 Å². The number of carbonyl (C=O) groups excluding carboxylic acids is 2. The molecule has 2 aromatic carbocycles. The molecule has 0 radical (unpaired) electrons. The van der Waals surface area contributed by atoms with Crippen molar-refractivity contribution in [1.29, 1.82) is 0 Å². The van der Waals surface area contributed by atoms with Crippen LogP contribution in [0.3, 0.4) is 0 Å². The van der Waals surface area contributed by atoms with Crippen LogP contribution >= 0.6 is 0 Å². The van der Waals surface area contributed by atoms with Crippen molar-refractivity contribution in [2.75, 3.05) is 0 Å². The minimum atomic E-state index is -0.223. The summed E-state index contributed by atoms with van der Waals surface area (Å²) in [4.78, 5) is 28.8. The Morgan fingerprint density at radius 2 is 1.70 bits per heavy atom. The zero-order valence-corrected chi connectivity index (χ0v) is 15.5. The van der Waals surface area contributed by atoms with Crippen molar-refractivity contribution in [1.82, 2.24) is 15.6 Å². The highest BCUT2D eigenvalue weighted by Gasteiger charge is 2.10. The molecule has 0 bridgehead atoms. The first kappa shape index (κ1) is 18.6. The van der Waals surface area contributed by atoms with E-state index in [2.05, 4.69) is 15.6 Å². The third kappa shape index (κ3) is 4.70. The van der Waals surface area contributed by atoms with Gasteiger partial charge < -0.3 is 10.6 Å². The van der Waals surface area contributed by atoms with E-state index < -0.39 is 0 Å². The second-order valence-corrected chi connectivity index (χ2v) is 6.55. The van der Waals surface area contributed by atoms with Gasteiger partial charge in [-0.2, -0.15) is 0 Å². The number of amides is 2. The fourth-order valence-electron chi connectivity index (χ4n) is 2.65. The number of hydrogen-bond acceptors (Lipinski definition) is 3. The fourth-order valence-corrected chi connectivity index (χ4v) is 2.65. The molecule has 0 saturated heterocycles. The molecule has 3 aromatic rings. The van der Waals surface area contributed by atoms with Crippen molar-refractivity contribution in [2.45, 2.75) is 32.9 Å². The highest BCUT2D eigenvalue weighted by molar-refractivity contribution is 5.95. The van der Waals surface area contributed by atoms with Crippen LogP contribution in [0.15, 0.2) is 60.7 Å². The Morgan fingerprint density at radius 1 is 0.963 bits per heavy atom. The summed E-state index contributed by atoms with van der Waals surface area (Å²) in [6.45, 7) is 4.38. The maximum atomic E-state index is 12.4. The highest BCUT2D eigenvalue weighted by atomic mass is 16.2. The molecule has 3 rings (SSSR count). The molecule has 0 unspecified atom stereocenters. The Kier molecular flexibility index (Phi) is 5.81. The van der Waals surface area contributed by atoms with Gasteiger partial charge in [0.25, 0.3) is 11.8 Å². The largest absolute Gasteiger partial charge is 0.350 e. The maximum Gasteiger partial charge on any atom is 0.270 e. The zero-order chi connectivity index (χ0) is 19.2. The van der Waals surface area contributed by atoms with Crippen molar-refractivity contribution in [3.05, 3.63) is 77.5 Å². The second kappa shape index (κ2) is 8.45. The molecule has 5 heteroatoms. The van der Waals surface area contributed by atoms with E-state index in [0.717, 1.165) is 22.9 Å². The number of carbonyl (C=O) groups is 2.